The molecule has 0 amide bonds. The quantitative estimate of drug-likeness (QED) is 0.0874. The largest absolute Gasteiger partial charge is 0.379 e. The van der Waals surface area contributed by atoms with E-state index in [1.807, 2.05) is 0 Å². The van der Waals surface area contributed by atoms with Gasteiger partial charge in [0.05, 0.1) is 26.2 Å². The normalized spacial score (nSPS) is 12.2. The molecule has 3 rings (SSSR count). The second-order valence-electron chi connectivity index (χ2n) is 12.3. The van der Waals surface area contributed by atoms with Crippen molar-refractivity contribution in [3.8, 4) is 0 Å². The number of unbranched alkanes of at least 4 members (excludes halogenated alkanes) is 15. The smallest absolute Gasteiger partial charge is 0.184 e. The van der Waals surface area contributed by atoms with Crippen molar-refractivity contribution in [1.82, 2.24) is 0 Å². The molecule has 2 aromatic carbocycles. The number of rotatable bonds is 26. The molecule has 1 N–H and O–H groups in total. The van der Waals surface area contributed by atoms with Gasteiger partial charge in [-0.3, -0.25) is 0 Å². The van der Waals surface area contributed by atoms with Crippen LogP contribution >= 0.6 is 0 Å². The first-order valence-corrected chi connectivity index (χ1v) is 17.4. The molecule has 238 valence electrons. The molecule has 0 saturated heterocycles. The molecule has 43 heavy (non-hydrogen) atoms. The number of hydrogen-bond acceptors (Lipinski definition) is 3. The Kier molecular flexibility index (Phi) is 19.0. The highest BCUT2D eigenvalue weighted by molar-refractivity contribution is 5.80. The molecule has 0 aliphatic rings. The minimum Gasteiger partial charge on any atom is -0.379 e. The summed E-state index contributed by atoms with van der Waals surface area (Å²) in [6.45, 7) is 4.81. The first-order chi connectivity index (χ1) is 21.3. The van der Waals surface area contributed by atoms with Gasteiger partial charge in [0, 0.05) is 25.2 Å². The number of methoxy groups -OCH3 is 1. The summed E-state index contributed by atoms with van der Waals surface area (Å²) >= 11 is 0. The number of pyridine rings is 1. The number of aromatic amines is 1. The molecule has 1 aromatic heterocycles. The van der Waals surface area contributed by atoms with Crippen LogP contribution in [0, 0.1) is 0 Å². The van der Waals surface area contributed by atoms with Gasteiger partial charge in [-0.1, -0.05) is 146 Å². The van der Waals surface area contributed by atoms with Crippen LogP contribution in [0.15, 0.2) is 60.8 Å². The third-order valence-corrected chi connectivity index (χ3v) is 8.48. The molecule has 0 aliphatic carbocycles. The Balaban J connectivity index is 1.15. The van der Waals surface area contributed by atoms with Crippen molar-refractivity contribution >= 4 is 10.8 Å². The number of ether oxygens (including phenoxy) is 3. The minimum absolute atomic E-state index is 0.0311. The van der Waals surface area contributed by atoms with Crippen molar-refractivity contribution in [3.63, 3.8) is 0 Å². The molecule has 1 atom stereocenters. The summed E-state index contributed by atoms with van der Waals surface area (Å²) in [5.74, 6) is 0. The lowest BCUT2D eigenvalue weighted by molar-refractivity contribution is -0.387. The number of benzene rings is 2. The van der Waals surface area contributed by atoms with Gasteiger partial charge in [0.15, 0.2) is 11.9 Å². The van der Waals surface area contributed by atoms with Crippen LogP contribution in [0.4, 0.5) is 0 Å². The van der Waals surface area contributed by atoms with Crippen molar-refractivity contribution < 1.29 is 19.2 Å². The number of aromatic nitrogens is 1. The van der Waals surface area contributed by atoms with Gasteiger partial charge in [0.25, 0.3) is 0 Å². The van der Waals surface area contributed by atoms with Crippen molar-refractivity contribution in [2.24, 2.45) is 0 Å². The topological polar surface area (TPSA) is 41.8 Å². The summed E-state index contributed by atoms with van der Waals surface area (Å²) < 4.78 is 17.5. The van der Waals surface area contributed by atoms with Crippen molar-refractivity contribution in [2.45, 2.75) is 129 Å². The Morgan fingerprint density at radius 2 is 1.19 bits per heavy atom. The zero-order valence-electron chi connectivity index (χ0n) is 27.4. The summed E-state index contributed by atoms with van der Waals surface area (Å²) in [5, 5.41) is 2.49. The van der Waals surface area contributed by atoms with Crippen LogP contribution in [0.2, 0.25) is 0 Å². The summed E-state index contributed by atoms with van der Waals surface area (Å²) in [4.78, 5) is 3.44. The third-order valence-electron chi connectivity index (χ3n) is 8.48. The van der Waals surface area contributed by atoms with Crippen LogP contribution in [0.1, 0.15) is 126 Å². The van der Waals surface area contributed by atoms with Gasteiger partial charge in [-0.05, 0) is 29.0 Å². The molecule has 1 heterocycles. The van der Waals surface area contributed by atoms with E-state index in [0.717, 1.165) is 19.4 Å². The fourth-order valence-electron chi connectivity index (χ4n) is 5.78. The van der Waals surface area contributed by atoms with E-state index in [2.05, 4.69) is 72.7 Å². The van der Waals surface area contributed by atoms with E-state index in [1.54, 1.807) is 7.11 Å². The molecule has 0 bridgehead atoms. The molecule has 0 aliphatic heterocycles. The van der Waals surface area contributed by atoms with Crippen LogP contribution in [0.25, 0.3) is 10.8 Å². The van der Waals surface area contributed by atoms with Crippen molar-refractivity contribution in [2.75, 3.05) is 26.9 Å². The van der Waals surface area contributed by atoms with E-state index >= 15 is 0 Å². The lowest BCUT2D eigenvalue weighted by Gasteiger charge is -2.16. The molecule has 0 radical (unpaired) electrons. The van der Waals surface area contributed by atoms with Gasteiger partial charge >= 0.3 is 0 Å². The summed E-state index contributed by atoms with van der Waals surface area (Å²) in [6.07, 6.45) is 25.1. The van der Waals surface area contributed by atoms with Crippen LogP contribution < -0.4 is 4.98 Å². The number of nitrogens with one attached hydrogen (secondary N) is 1. The minimum atomic E-state index is -0.0311. The maximum absolute atomic E-state index is 6.01. The van der Waals surface area contributed by atoms with Crippen LogP contribution in [-0.2, 0) is 27.2 Å². The molecular weight excluding hydrogens is 530 g/mol. The third kappa shape index (κ3) is 15.9. The molecule has 4 nitrogen and oxygen atoms in total. The lowest BCUT2D eigenvalue weighted by Crippen LogP contribution is -2.24. The van der Waals surface area contributed by atoms with Gasteiger partial charge in [-0.15, -0.1) is 0 Å². The van der Waals surface area contributed by atoms with Gasteiger partial charge in [0.1, 0.15) is 6.10 Å². The fourth-order valence-corrected chi connectivity index (χ4v) is 5.78. The van der Waals surface area contributed by atoms with Crippen molar-refractivity contribution in [1.29, 1.82) is 0 Å². The van der Waals surface area contributed by atoms with Crippen LogP contribution in [-0.4, -0.2) is 33.0 Å². The van der Waals surface area contributed by atoms with Gasteiger partial charge in [-0.25, -0.2) is 4.98 Å². The van der Waals surface area contributed by atoms with E-state index in [0.29, 0.717) is 19.8 Å². The maximum atomic E-state index is 6.01. The average Bonchev–Trinajstić information content (AvgIpc) is 3.03. The zero-order valence-corrected chi connectivity index (χ0v) is 27.4. The Morgan fingerprint density at radius 1 is 0.605 bits per heavy atom. The predicted octanol–water partition coefficient (Wildman–Crippen LogP) is 10.1. The Hall–Kier alpha value is -2.27. The second-order valence-corrected chi connectivity index (χ2v) is 12.3. The Labute approximate surface area is 262 Å². The van der Waals surface area contributed by atoms with E-state index in [4.69, 9.17) is 14.2 Å². The zero-order chi connectivity index (χ0) is 30.2. The molecule has 4 heteroatoms. The first kappa shape index (κ1) is 35.2. The van der Waals surface area contributed by atoms with Gasteiger partial charge in [-0.2, -0.15) is 0 Å². The number of fused-ring (bicyclic) bond motifs is 1. The average molecular weight is 591 g/mol. The van der Waals surface area contributed by atoms with Gasteiger partial charge in [0.2, 0.25) is 0 Å². The molecule has 1 unspecified atom stereocenters. The highest BCUT2D eigenvalue weighted by atomic mass is 16.6. The van der Waals surface area contributed by atoms with Crippen LogP contribution in [0.3, 0.4) is 0 Å². The summed E-state index contributed by atoms with van der Waals surface area (Å²) in [6, 6.07) is 19.3. The first-order valence-electron chi connectivity index (χ1n) is 17.4. The highest BCUT2D eigenvalue weighted by Crippen LogP contribution is 2.16. The van der Waals surface area contributed by atoms with E-state index in [-0.39, 0.29) is 6.10 Å². The lowest BCUT2D eigenvalue weighted by atomic mass is 10.0. The SMILES string of the molecule is CCCCCCCCCCCCCCCCCCOCC(COCc1cccc(Cc2cc3ccccc3c[nH+]2)c1)OC. The second kappa shape index (κ2) is 23.2. The molecule has 0 saturated carbocycles. The molecule has 0 spiro atoms. The van der Waals surface area contributed by atoms with E-state index in [9.17, 15) is 0 Å². The van der Waals surface area contributed by atoms with Crippen LogP contribution in [0.5, 0.6) is 0 Å². The fraction of sp³-hybridized carbons (Fsp3) is 0.615. The van der Waals surface area contributed by atoms with Gasteiger partial charge < -0.3 is 14.2 Å². The number of hydrogen-bond donors (Lipinski definition) is 0. The number of H-pyrrole nitrogens is 1. The molecule has 3 aromatic rings. The standard InChI is InChI=1S/C39H59NO3/c1-3-4-5-6-7-8-9-10-11-12-13-14-15-16-17-20-26-42-32-39(41-2)33-43-31-35-23-21-22-34(27-35)28-38-29-36-24-18-19-25-37(36)30-40-38/h18-19,21-25,27,29-30,39H,3-17,20,26,28,31-33H2,1-2H3/p+1. The van der Waals surface area contributed by atoms with E-state index in [1.165, 1.54) is 124 Å². The summed E-state index contributed by atoms with van der Waals surface area (Å²) in [7, 11) is 1.74. The predicted molar refractivity (Wildman–Crippen MR) is 181 cm³/mol. The monoisotopic (exact) mass is 590 g/mol. The Bertz CT molecular complexity index is 1100. The maximum Gasteiger partial charge on any atom is 0.184 e. The molecular formula is C39H60NO3+. The van der Waals surface area contributed by atoms with Crippen molar-refractivity contribution in [3.05, 3.63) is 77.6 Å². The highest BCUT2D eigenvalue weighted by Gasteiger charge is 2.10. The molecule has 0 fully saturated rings. The van der Waals surface area contributed by atoms with E-state index < -0.39 is 0 Å². The Morgan fingerprint density at radius 3 is 1.84 bits per heavy atom. The summed E-state index contributed by atoms with van der Waals surface area (Å²) in [5.41, 5.74) is 3.66.